The molecule has 0 aromatic heterocycles. The lowest BCUT2D eigenvalue weighted by Gasteiger charge is -1.99. The van der Waals surface area contributed by atoms with Gasteiger partial charge in [-0.15, -0.1) is 0 Å². The summed E-state index contributed by atoms with van der Waals surface area (Å²) >= 11 is 5.72. The highest BCUT2D eigenvalue weighted by atomic mass is 35.5. The first-order valence-electron chi connectivity index (χ1n) is 5.65. The lowest BCUT2D eigenvalue weighted by atomic mass is 10.2. The first kappa shape index (κ1) is 13.8. The van der Waals surface area contributed by atoms with Crippen LogP contribution in [0.25, 0.3) is 0 Å². The third-order valence-electron chi connectivity index (χ3n) is 2.46. The SMILES string of the molecule is O=C(NC#Cc1ccc(O)cc1O)c1ccc(Cl)cc1. The van der Waals surface area contributed by atoms with Crippen molar-refractivity contribution in [2.75, 3.05) is 0 Å². The molecule has 0 saturated carbocycles. The minimum Gasteiger partial charge on any atom is -0.508 e. The number of hydrogen-bond acceptors (Lipinski definition) is 3. The Bertz CT molecular complexity index is 699. The van der Waals surface area contributed by atoms with E-state index in [0.29, 0.717) is 16.1 Å². The van der Waals surface area contributed by atoms with Crippen molar-refractivity contribution in [3.8, 4) is 23.5 Å². The number of carbonyl (C=O) groups is 1. The largest absolute Gasteiger partial charge is 0.508 e. The van der Waals surface area contributed by atoms with Crippen LogP contribution in [0.5, 0.6) is 11.5 Å². The van der Waals surface area contributed by atoms with Crippen molar-refractivity contribution in [1.29, 1.82) is 0 Å². The summed E-state index contributed by atoms with van der Waals surface area (Å²) in [6.07, 6.45) is 0. The Morgan fingerprint density at radius 1 is 1.10 bits per heavy atom. The number of phenolic OH excluding ortho intramolecular Hbond substituents is 2. The van der Waals surface area contributed by atoms with Crippen LogP contribution in [-0.4, -0.2) is 16.1 Å². The fourth-order valence-electron chi connectivity index (χ4n) is 1.45. The van der Waals surface area contributed by atoms with Gasteiger partial charge in [0.2, 0.25) is 0 Å². The van der Waals surface area contributed by atoms with Gasteiger partial charge in [0, 0.05) is 22.7 Å². The van der Waals surface area contributed by atoms with Crippen LogP contribution in [0.2, 0.25) is 5.02 Å². The standard InChI is InChI=1S/C15H10ClNO3/c16-12-4-1-11(2-5-12)15(20)17-8-7-10-3-6-13(18)9-14(10)19/h1-6,9,18-19H,(H,17,20). The molecular formula is C15H10ClNO3. The molecule has 0 fully saturated rings. The summed E-state index contributed by atoms with van der Waals surface area (Å²) in [5, 5.41) is 21.6. The molecule has 0 spiro atoms. The van der Waals surface area contributed by atoms with Crippen molar-refractivity contribution in [3.05, 3.63) is 58.6 Å². The lowest BCUT2D eigenvalue weighted by Crippen LogP contribution is -2.17. The van der Waals surface area contributed by atoms with E-state index in [-0.39, 0.29) is 17.4 Å². The maximum absolute atomic E-state index is 11.7. The van der Waals surface area contributed by atoms with Crippen molar-refractivity contribution in [3.63, 3.8) is 0 Å². The number of amides is 1. The van der Waals surface area contributed by atoms with Crippen molar-refractivity contribution >= 4 is 17.5 Å². The van der Waals surface area contributed by atoms with Gasteiger partial charge in [0.15, 0.2) is 0 Å². The van der Waals surface area contributed by atoms with Crippen molar-refractivity contribution in [1.82, 2.24) is 5.32 Å². The summed E-state index contributed by atoms with van der Waals surface area (Å²) in [5.74, 6) is 2.00. The highest BCUT2D eigenvalue weighted by molar-refractivity contribution is 6.30. The quantitative estimate of drug-likeness (QED) is 0.557. The summed E-state index contributed by atoms with van der Waals surface area (Å²) < 4.78 is 0. The van der Waals surface area contributed by atoms with Gasteiger partial charge in [-0.05, 0) is 42.3 Å². The van der Waals surface area contributed by atoms with Crippen LogP contribution in [0.4, 0.5) is 0 Å². The van der Waals surface area contributed by atoms with E-state index in [9.17, 15) is 9.90 Å². The number of halogens is 1. The second-order valence-electron chi connectivity index (χ2n) is 3.91. The van der Waals surface area contributed by atoms with E-state index in [4.69, 9.17) is 16.7 Å². The molecule has 0 aliphatic heterocycles. The van der Waals surface area contributed by atoms with Gasteiger partial charge in [-0.25, -0.2) is 0 Å². The van der Waals surface area contributed by atoms with Gasteiger partial charge in [0.1, 0.15) is 11.5 Å². The van der Waals surface area contributed by atoms with E-state index in [1.54, 1.807) is 24.3 Å². The van der Waals surface area contributed by atoms with Crippen LogP contribution in [0.3, 0.4) is 0 Å². The Balaban J connectivity index is 2.07. The first-order chi connectivity index (χ1) is 9.56. The predicted molar refractivity (Wildman–Crippen MR) is 75.6 cm³/mol. The number of carbonyl (C=O) groups excluding carboxylic acids is 1. The summed E-state index contributed by atoms with van der Waals surface area (Å²) in [5.41, 5.74) is 0.734. The molecule has 2 aromatic carbocycles. The molecule has 0 aliphatic rings. The monoisotopic (exact) mass is 287 g/mol. The van der Waals surface area contributed by atoms with Crippen LogP contribution in [0, 0.1) is 12.0 Å². The van der Waals surface area contributed by atoms with Gasteiger partial charge in [-0.2, -0.15) is 0 Å². The molecule has 4 nitrogen and oxygen atoms in total. The number of aromatic hydroxyl groups is 2. The molecule has 1 amide bonds. The van der Waals surface area contributed by atoms with E-state index in [0.717, 1.165) is 0 Å². The third kappa shape index (κ3) is 3.44. The fourth-order valence-corrected chi connectivity index (χ4v) is 1.58. The normalized spacial score (nSPS) is 9.45. The molecule has 5 heteroatoms. The average molecular weight is 288 g/mol. The predicted octanol–water partition coefficient (Wildman–Crippen LogP) is 2.49. The van der Waals surface area contributed by atoms with Gasteiger partial charge in [-0.1, -0.05) is 11.6 Å². The molecule has 0 atom stereocenters. The Labute approximate surface area is 120 Å². The molecule has 0 bridgehead atoms. The molecule has 2 aromatic rings. The van der Waals surface area contributed by atoms with Crippen LogP contribution in [-0.2, 0) is 0 Å². The zero-order chi connectivity index (χ0) is 14.5. The van der Waals surface area contributed by atoms with E-state index >= 15 is 0 Å². The van der Waals surface area contributed by atoms with E-state index < -0.39 is 0 Å². The molecule has 2 rings (SSSR count). The number of hydrogen-bond donors (Lipinski definition) is 3. The summed E-state index contributed by atoms with van der Waals surface area (Å²) in [4.78, 5) is 11.7. The highest BCUT2D eigenvalue weighted by Crippen LogP contribution is 2.21. The minimum atomic E-state index is -0.368. The molecule has 3 N–H and O–H groups in total. The molecule has 20 heavy (non-hydrogen) atoms. The summed E-state index contributed by atoms with van der Waals surface area (Å²) in [7, 11) is 0. The Hall–Kier alpha value is -2.64. The smallest absolute Gasteiger partial charge is 0.262 e. The first-order valence-corrected chi connectivity index (χ1v) is 6.03. The minimum absolute atomic E-state index is 0.0572. The third-order valence-corrected chi connectivity index (χ3v) is 2.71. The Morgan fingerprint density at radius 2 is 1.80 bits per heavy atom. The topological polar surface area (TPSA) is 69.6 Å². The molecule has 0 aliphatic carbocycles. The average Bonchev–Trinajstić information content (AvgIpc) is 2.42. The number of phenols is 2. The van der Waals surface area contributed by atoms with Crippen LogP contribution in [0.15, 0.2) is 42.5 Å². The second kappa shape index (κ2) is 6.00. The second-order valence-corrected chi connectivity index (χ2v) is 4.35. The van der Waals surface area contributed by atoms with Gasteiger partial charge in [-0.3, -0.25) is 10.1 Å². The van der Waals surface area contributed by atoms with Crippen LogP contribution in [0.1, 0.15) is 15.9 Å². The van der Waals surface area contributed by atoms with E-state index in [1.165, 1.54) is 18.2 Å². The van der Waals surface area contributed by atoms with Crippen molar-refractivity contribution in [2.24, 2.45) is 0 Å². The summed E-state index contributed by atoms with van der Waals surface area (Å²) in [6, 6.07) is 12.8. The van der Waals surface area contributed by atoms with Crippen LogP contribution < -0.4 is 5.32 Å². The fraction of sp³-hybridized carbons (Fsp3) is 0. The molecule has 0 saturated heterocycles. The Morgan fingerprint density at radius 3 is 2.45 bits per heavy atom. The number of nitrogens with one attached hydrogen (secondary N) is 1. The summed E-state index contributed by atoms with van der Waals surface area (Å²) in [6.45, 7) is 0. The molecule has 100 valence electrons. The Kier molecular flexibility index (Phi) is 4.14. The molecule has 0 heterocycles. The van der Waals surface area contributed by atoms with E-state index in [2.05, 4.69) is 17.3 Å². The van der Waals surface area contributed by atoms with Gasteiger partial charge >= 0.3 is 0 Å². The maximum atomic E-state index is 11.7. The zero-order valence-corrected chi connectivity index (χ0v) is 11.0. The zero-order valence-electron chi connectivity index (χ0n) is 10.2. The van der Waals surface area contributed by atoms with Crippen molar-refractivity contribution in [2.45, 2.75) is 0 Å². The number of rotatable bonds is 1. The molecule has 0 radical (unpaired) electrons. The lowest BCUT2D eigenvalue weighted by molar-refractivity contribution is 0.0973. The van der Waals surface area contributed by atoms with Gasteiger partial charge < -0.3 is 10.2 Å². The van der Waals surface area contributed by atoms with Gasteiger partial charge in [0.25, 0.3) is 5.91 Å². The van der Waals surface area contributed by atoms with E-state index in [1.807, 2.05) is 0 Å². The highest BCUT2D eigenvalue weighted by Gasteiger charge is 2.03. The number of benzene rings is 2. The maximum Gasteiger partial charge on any atom is 0.262 e. The molecule has 0 unspecified atom stereocenters. The molecular weight excluding hydrogens is 278 g/mol. The van der Waals surface area contributed by atoms with Crippen molar-refractivity contribution < 1.29 is 15.0 Å². The van der Waals surface area contributed by atoms with Crippen LogP contribution >= 0.6 is 11.6 Å². The van der Waals surface area contributed by atoms with Gasteiger partial charge in [0.05, 0.1) is 5.56 Å².